The first-order valence-electron chi connectivity index (χ1n) is 6.61. The van der Waals surface area contributed by atoms with Crippen molar-refractivity contribution >= 4 is 0 Å². The standard InChI is InChI=1S/C13H26N2/c1-13(2)7-10-15(11-13)9-4-3-8-14-12-5-6-12/h12,14H,3-11H2,1-2H3. The van der Waals surface area contributed by atoms with E-state index in [4.69, 9.17) is 0 Å². The van der Waals surface area contributed by atoms with E-state index in [-0.39, 0.29) is 0 Å². The molecular formula is C13H26N2. The molecule has 0 bridgehead atoms. The Balaban J connectivity index is 1.47. The summed E-state index contributed by atoms with van der Waals surface area (Å²) in [6.07, 6.45) is 6.94. The van der Waals surface area contributed by atoms with Crippen LogP contribution in [0, 0.1) is 5.41 Å². The van der Waals surface area contributed by atoms with Gasteiger partial charge in [-0.15, -0.1) is 0 Å². The van der Waals surface area contributed by atoms with Crippen molar-refractivity contribution < 1.29 is 0 Å². The van der Waals surface area contributed by atoms with E-state index in [2.05, 4.69) is 24.1 Å². The number of likely N-dealkylation sites (tertiary alicyclic amines) is 1. The van der Waals surface area contributed by atoms with Gasteiger partial charge in [0, 0.05) is 12.6 Å². The molecule has 2 heteroatoms. The highest BCUT2D eigenvalue weighted by Gasteiger charge is 2.28. The average Bonchev–Trinajstić information content (AvgIpc) is 2.91. The second-order valence-corrected chi connectivity index (χ2v) is 6.13. The summed E-state index contributed by atoms with van der Waals surface area (Å²) in [6, 6.07) is 0.885. The lowest BCUT2D eigenvalue weighted by Gasteiger charge is -2.19. The Hall–Kier alpha value is -0.0800. The van der Waals surface area contributed by atoms with Gasteiger partial charge in [0.1, 0.15) is 0 Å². The van der Waals surface area contributed by atoms with Gasteiger partial charge in [-0.05, 0) is 57.2 Å². The molecule has 1 aliphatic heterocycles. The predicted molar refractivity (Wildman–Crippen MR) is 65.1 cm³/mol. The molecule has 2 aliphatic rings. The van der Waals surface area contributed by atoms with Gasteiger partial charge < -0.3 is 10.2 Å². The molecule has 0 atom stereocenters. The summed E-state index contributed by atoms with van der Waals surface area (Å²) >= 11 is 0. The van der Waals surface area contributed by atoms with Crippen LogP contribution in [0.15, 0.2) is 0 Å². The zero-order chi connectivity index (χ0) is 10.7. The molecule has 0 aromatic rings. The number of nitrogens with zero attached hydrogens (tertiary/aromatic N) is 1. The van der Waals surface area contributed by atoms with E-state index in [0.717, 1.165) is 6.04 Å². The molecule has 1 aliphatic carbocycles. The van der Waals surface area contributed by atoms with E-state index in [1.165, 1.54) is 58.3 Å². The number of hydrogen-bond acceptors (Lipinski definition) is 2. The van der Waals surface area contributed by atoms with Gasteiger partial charge >= 0.3 is 0 Å². The van der Waals surface area contributed by atoms with Crippen molar-refractivity contribution in [2.45, 2.75) is 52.0 Å². The summed E-state index contributed by atoms with van der Waals surface area (Å²) < 4.78 is 0. The van der Waals surface area contributed by atoms with E-state index in [1.54, 1.807) is 0 Å². The number of hydrogen-bond donors (Lipinski definition) is 1. The third-order valence-corrected chi connectivity index (χ3v) is 3.67. The average molecular weight is 210 g/mol. The van der Waals surface area contributed by atoms with Crippen LogP contribution in [-0.2, 0) is 0 Å². The molecule has 0 aromatic carbocycles. The van der Waals surface area contributed by atoms with Crippen molar-refractivity contribution in [3.05, 3.63) is 0 Å². The molecule has 0 aromatic heterocycles. The van der Waals surface area contributed by atoms with Gasteiger partial charge in [-0.1, -0.05) is 13.8 Å². The Morgan fingerprint density at radius 1 is 1.27 bits per heavy atom. The van der Waals surface area contributed by atoms with Crippen molar-refractivity contribution in [3.8, 4) is 0 Å². The van der Waals surface area contributed by atoms with Crippen LogP contribution in [0.1, 0.15) is 46.0 Å². The molecule has 2 rings (SSSR count). The van der Waals surface area contributed by atoms with Crippen molar-refractivity contribution in [1.29, 1.82) is 0 Å². The van der Waals surface area contributed by atoms with Crippen molar-refractivity contribution in [1.82, 2.24) is 10.2 Å². The molecule has 0 radical (unpaired) electrons. The fraction of sp³-hybridized carbons (Fsp3) is 1.00. The number of rotatable bonds is 6. The topological polar surface area (TPSA) is 15.3 Å². The smallest absolute Gasteiger partial charge is 0.00682 e. The zero-order valence-electron chi connectivity index (χ0n) is 10.4. The molecule has 0 unspecified atom stereocenters. The molecule has 1 saturated heterocycles. The Kier molecular flexibility index (Phi) is 3.68. The molecule has 2 fully saturated rings. The van der Waals surface area contributed by atoms with Crippen LogP contribution in [0.2, 0.25) is 0 Å². The van der Waals surface area contributed by atoms with E-state index < -0.39 is 0 Å². The van der Waals surface area contributed by atoms with E-state index in [0.29, 0.717) is 5.41 Å². The van der Waals surface area contributed by atoms with E-state index >= 15 is 0 Å². The van der Waals surface area contributed by atoms with Crippen molar-refractivity contribution in [2.24, 2.45) is 5.41 Å². The fourth-order valence-electron chi connectivity index (χ4n) is 2.47. The first-order chi connectivity index (χ1) is 7.16. The molecule has 2 nitrogen and oxygen atoms in total. The molecule has 1 N–H and O–H groups in total. The Bertz CT molecular complexity index is 197. The predicted octanol–water partition coefficient (Wildman–Crippen LogP) is 2.25. The number of unbranched alkanes of at least 4 members (excludes halogenated alkanes) is 1. The molecule has 0 spiro atoms. The lowest BCUT2D eigenvalue weighted by atomic mass is 9.93. The van der Waals surface area contributed by atoms with Gasteiger partial charge in [-0.25, -0.2) is 0 Å². The maximum absolute atomic E-state index is 3.58. The Morgan fingerprint density at radius 3 is 2.67 bits per heavy atom. The summed E-state index contributed by atoms with van der Waals surface area (Å²) in [5, 5.41) is 3.58. The maximum atomic E-state index is 3.58. The number of nitrogens with one attached hydrogen (secondary N) is 1. The van der Waals surface area contributed by atoms with E-state index in [9.17, 15) is 0 Å². The summed E-state index contributed by atoms with van der Waals surface area (Å²) in [5.74, 6) is 0. The van der Waals surface area contributed by atoms with Crippen LogP contribution >= 0.6 is 0 Å². The second kappa shape index (κ2) is 4.84. The van der Waals surface area contributed by atoms with Gasteiger partial charge in [0.2, 0.25) is 0 Å². The second-order valence-electron chi connectivity index (χ2n) is 6.13. The quantitative estimate of drug-likeness (QED) is 0.676. The van der Waals surface area contributed by atoms with Crippen LogP contribution in [0.5, 0.6) is 0 Å². The molecule has 88 valence electrons. The van der Waals surface area contributed by atoms with Crippen LogP contribution in [-0.4, -0.2) is 37.1 Å². The van der Waals surface area contributed by atoms with Gasteiger partial charge in [0.05, 0.1) is 0 Å². The van der Waals surface area contributed by atoms with Gasteiger partial charge in [-0.3, -0.25) is 0 Å². The molecule has 1 heterocycles. The third kappa shape index (κ3) is 4.12. The molecular weight excluding hydrogens is 184 g/mol. The normalized spacial score (nSPS) is 26.0. The Labute approximate surface area is 94.4 Å². The largest absolute Gasteiger partial charge is 0.314 e. The van der Waals surface area contributed by atoms with Crippen LogP contribution in [0.3, 0.4) is 0 Å². The first kappa shape index (κ1) is 11.4. The summed E-state index contributed by atoms with van der Waals surface area (Å²) in [7, 11) is 0. The highest BCUT2D eigenvalue weighted by molar-refractivity contribution is 4.83. The highest BCUT2D eigenvalue weighted by Crippen LogP contribution is 2.28. The highest BCUT2D eigenvalue weighted by atomic mass is 15.1. The van der Waals surface area contributed by atoms with E-state index in [1.807, 2.05) is 0 Å². The summed E-state index contributed by atoms with van der Waals surface area (Å²) in [5.41, 5.74) is 0.576. The molecule has 15 heavy (non-hydrogen) atoms. The maximum Gasteiger partial charge on any atom is 0.00682 e. The van der Waals surface area contributed by atoms with Crippen LogP contribution < -0.4 is 5.32 Å². The van der Waals surface area contributed by atoms with Gasteiger partial charge in [0.15, 0.2) is 0 Å². The minimum atomic E-state index is 0.576. The van der Waals surface area contributed by atoms with Crippen LogP contribution in [0.4, 0.5) is 0 Å². The minimum Gasteiger partial charge on any atom is -0.314 e. The monoisotopic (exact) mass is 210 g/mol. The summed E-state index contributed by atoms with van der Waals surface area (Å²) in [6.45, 7) is 9.97. The molecule has 1 saturated carbocycles. The lowest BCUT2D eigenvalue weighted by Crippen LogP contribution is -2.25. The van der Waals surface area contributed by atoms with Crippen LogP contribution in [0.25, 0.3) is 0 Å². The minimum absolute atomic E-state index is 0.576. The fourth-order valence-corrected chi connectivity index (χ4v) is 2.47. The summed E-state index contributed by atoms with van der Waals surface area (Å²) in [4.78, 5) is 2.64. The zero-order valence-corrected chi connectivity index (χ0v) is 10.4. The molecule has 0 amide bonds. The first-order valence-corrected chi connectivity index (χ1v) is 6.61. The third-order valence-electron chi connectivity index (χ3n) is 3.67. The van der Waals surface area contributed by atoms with Crippen molar-refractivity contribution in [2.75, 3.05) is 26.2 Å². The van der Waals surface area contributed by atoms with Gasteiger partial charge in [0.25, 0.3) is 0 Å². The SMILES string of the molecule is CC1(C)CCN(CCCCNC2CC2)C1. The Morgan fingerprint density at radius 2 is 2.07 bits per heavy atom. The van der Waals surface area contributed by atoms with Gasteiger partial charge in [-0.2, -0.15) is 0 Å². The van der Waals surface area contributed by atoms with Crippen molar-refractivity contribution in [3.63, 3.8) is 0 Å². The lowest BCUT2D eigenvalue weighted by molar-refractivity contribution is 0.285.